The lowest BCUT2D eigenvalue weighted by molar-refractivity contribution is -0.136. The van der Waals surface area contributed by atoms with Crippen LogP contribution >= 0.6 is 0 Å². The Morgan fingerprint density at radius 2 is 2.00 bits per heavy atom. The van der Waals surface area contributed by atoms with Crippen LogP contribution < -0.4 is 0 Å². The minimum atomic E-state index is -1.000. The van der Waals surface area contributed by atoms with Crippen molar-refractivity contribution in [1.29, 1.82) is 0 Å². The molecule has 1 aromatic heterocycles. The Morgan fingerprint density at radius 1 is 1.33 bits per heavy atom. The quantitative estimate of drug-likeness (QED) is 0.747. The summed E-state index contributed by atoms with van der Waals surface area (Å²) >= 11 is 0. The molecule has 1 rings (SSSR count). The number of amides is 1. The molecule has 0 atom stereocenters. The summed E-state index contributed by atoms with van der Waals surface area (Å²) in [5.41, 5.74) is 1.10. The molecular weight excluding hydrogens is 270 g/mol. The van der Waals surface area contributed by atoms with Crippen molar-refractivity contribution in [3.05, 3.63) is 23.2 Å². The smallest absolute Gasteiger partial charge is 0.311 e. The van der Waals surface area contributed by atoms with E-state index in [1.807, 2.05) is 13.8 Å². The molecular formula is C16H25NO4. The first-order chi connectivity index (χ1) is 9.88. The van der Waals surface area contributed by atoms with Crippen molar-refractivity contribution in [2.45, 2.75) is 59.4 Å². The number of carbonyl (C=O) groups is 2. The van der Waals surface area contributed by atoms with Gasteiger partial charge in [0.2, 0.25) is 0 Å². The van der Waals surface area contributed by atoms with Crippen molar-refractivity contribution in [1.82, 2.24) is 4.90 Å². The summed E-state index contributed by atoms with van der Waals surface area (Å²) in [5, 5.41) is 8.92. The fraction of sp³-hybridized carbons (Fsp3) is 0.625. The van der Waals surface area contributed by atoms with Gasteiger partial charge in [-0.05, 0) is 27.2 Å². The first-order valence-corrected chi connectivity index (χ1v) is 7.48. The molecule has 21 heavy (non-hydrogen) atoms. The Morgan fingerprint density at radius 3 is 2.52 bits per heavy atom. The third-order valence-electron chi connectivity index (χ3n) is 3.46. The van der Waals surface area contributed by atoms with Gasteiger partial charge in [0.25, 0.3) is 5.91 Å². The number of aliphatic carboxylic acids is 1. The van der Waals surface area contributed by atoms with Crippen molar-refractivity contribution in [2.24, 2.45) is 0 Å². The Kier molecular flexibility index (Phi) is 6.46. The van der Waals surface area contributed by atoms with Gasteiger partial charge in [-0.15, -0.1) is 0 Å². The number of hydrogen-bond acceptors (Lipinski definition) is 3. The van der Waals surface area contributed by atoms with Crippen LogP contribution in [0, 0.1) is 6.92 Å². The average molecular weight is 295 g/mol. The largest absolute Gasteiger partial charge is 0.481 e. The monoisotopic (exact) mass is 295 g/mol. The van der Waals surface area contributed by atoms with Gasteiger partial charge in [0.1, 0.15) is 12.2 Å². The molecule has 118 valence electrons. The minimum absolute atomic E-state index is 0.0707. The number of carboxylic acids is 1. The highest BCUT2D eigenvalue weighted by Crippen LogP contribution is 2.21. The van der Waals surface area contributed by atoms with E-state index < -0.39 is 5.97 Å². The zero-order valence-corrected chi connectivity index (χ0v) is 13.3. The predicted molar refractivity (Wildman–Crippen MR) is 80.5 cm³/mol. The molecule has 5 heteroatoms. The summed E-state index contributed by atoms with van der Waals surface area (Å²) in [4.78, 5) is 25.4. The second-order valence-corrected chi connectivity index (χ2v) is 5.59. The van der Waals surface area contributed by atoms with Crippen LogP contribution in [0.3, 0.4) is 0 Å². The molecule has 1 N–H and O–H groups in total. The van der Waals surface area contributed by atoms with E-state index in [1.165, 1.54) is 6.26 Å². The first kappa shape index (κ1) is 17.3. The highest BCUT2D eigenvalue weighted by atomic mass is 16.4. The van der Waals surface area contributed by atoms with E-state index in [0.29, 0.717) is 17.7 Å². The molecule has 0 saturated heterocycles. The Hall–Kier alpha value is -1.78. The highest BCUT2D eigenvalue weighted by molar-refractivity contribution is 5.97. The van der Waals surface area contributed by atoms with E-state index in [0.717, 1.165) is 19.3 Å². The number of hydrogen-bond donors (Lipinski definition) is 1. The maximum Gasteiger partial charge on any atom is 0.311 e. The van der Waals surface area contributed by atoms with Gasteiger partial charge in [0.15, 0.2) is 0 Å². The van der Waals surface area contributed by atoms with Gasteiger partial charge in [-0.2, -0.15) is 0 Å². The predicted octanol–water partition coefficient (Wildman–Crippen LogP) is 3.26. The standard InChI is InChI=1S/C16H25NO4/c1-5-6-7-8-17(11(2)3)16(20)15-12(4)10-21-13(15)9-14(18)19/h10-11H,5-9H2,1-4H3,(H,18,19). The lowest BCUT2D eigenvalue weighted by Gasteiger charge is -2.27. The van der Waals surface area contributed by atoms with Gasteiger partial charge >= 0.3 is 5.97 Å². The van der Waals surface area contributed by atoms with Gasteiger partial charge in [-0.3, -0.25) is 9.59 Å². The van der Waals surface area contributed by atoms with E-state index in [2.05, 4.69) is 6.92 Å². The molecule has 5 nitrogen and oxygen atoms in total. The molecule has 0 unspecified atom stereocenters. The van der Waals surface area contributed by atoms with Crippen LogP contribution in [0.4, 0.5) is 0 Å². The Bertz CT molecular complexity index is 490. The summed E-state index contributed by atoms with van der Waals surface area (Å²) < 4.78 is 5.25. The molecule has 0 aromatic carbocycles. The molecule has 0 aliphatic carbocycles. The zero-order valence-electron chi connectivity index (χ0n) is 13.3. The zero-order chi connectivity index (χ0) is 16.0. The van der Waals surface area contributed by atoms with Crippen molar-refractivity contribution < 1.29 is 19.1 Å². The third kappa shape index (κ3) is 4.62. The molecule has 0 radical (unpaired) electrons. The Balaban J connectivity index is 2.97. The molecule has 0 fully saturated rings. The lowest BCUT2D eigenvalue weighted by Crippen LogP contribution is -2.38. The Labute approximate surface area is 125 Å². The molecule has 1 heterocycles. The minimum Gasteiger partial charge on any atom is -0.481 e. The van der Waals surface area contributed by atoms with Crippen molar-refractivity contribution in [3.8, 4) is 0 Å². The number of furan rings is 1. The normalized spacial score (nSPS) is 10.9. The number of aryl methyl sites for hydroxylation is 1. The summed E-state index contributed by atoms with van der Waals surface area (Å²) in [6, 6.07) is 0.0707. The van der Waals surface area contributed by atoms with Crippen LogP contribution in [0.1, 0.15) is 61.7 Å². The second-order valence-electron chi connectivity index (χ2n) is 5.59. The van der Waals surface area contributed by atoms with Gasteiger partial charge < -0.3 is 14.4 Å². The summed E-state index contributed by atoms with van der Waals surface area (Å²) in [6.07, 6.45) is 4.30. The molecule has 0 aliphatic rings. The van der Waals surface area contributed by atoms with Crippen LogP contribution in [0.15, 0.2) is 10.7 Å². The van der Waals surface area contributed by atoms with E-state index in [-0.39, 0.29) is 24.1 Å². The SMILES string of the molecule is CCCCCN(C(=O)c1c(C)coc1CC(=O)O)C(C)C. The van der Waals surface area contributed by atoms with Gasteiger partial charge in [0.05, 0.1) is 11.8 Å². The molecule has 0 saturated carbocycles. The van der Waals surface area contributed by atoms with E-state index in [1.54, 1.807) is 11.8 Å². The number of nitrogens with zero attached hydrogens (tertiary/aromatic N) is 1. The maximum absolute atomic E-state index is 12.7. The molecule has 0 spiro atoms. The van der Waals surface area contributed by atoms with Gasteiger partial charge in [-0.25, -0.2) is 0 Å². The van der Waals surface area contributed by atoms with Crippen LogP contribution in [0.25, 0.3) is 0 Å². The molecule has 1 amide bonds. The summed E-state index contributed by atoms with van der Waals surface area (Å²) in [5.74, 6) is -0.893. The number of carboxylic acid groups (broad SMARTS) is 1. The van der Waals surface area contributed by atoms with E-state index in [9.17, 15) is 9.59 Å². The second kappa shape index (κ2) is 7.86. The van der Waals surface area contributed by atoms with Crippen LogP contribution in [-0.2, 0) is 11.2 Å². The van der Waals surface area contributed by atoms with Crippen LogP contribution in [0.5, 0.6) is 0 Å². The number of carbonyl (C=O) groups excluding carboxylic acids is 1. The average Bonchev–Trinajstić information content (AvgIpc) is 2.74. The van der Waals surface area contributed by atoms with Crippen LogP contribution in [0.2, 0.25) is 0 Å². The van der Waals surface area contributed by atoms with Gasteiger partial charge in [-0.1, -0.05) is 19.8 Å². The molecule has 0 aliphatic heterocycles. The van der Waals surface area contributed by atoms with Crippen LogP contribution in [-0.4, -0.2) is 34.5 Å². The third-order valence-corrected chi connectivity index (χ3v) is 3.46. The van der Waals surface area contributed by atoms with Crippen molar-refractivity contribution >= 4 is 11.9 Å². The number of rotatable bonds is 8. The van der Waals surface area contributed by atoms with Crippen molar-refractivity contribution in [2.75, 3.05) is 6.54 Å². The van der Waals surface area contributed by atoms with Gasteiger partial charge in [0, 0.05) is 18.2 Å². The molecule has 0 bridgehead atoms. The summed E-state index contributed by atoms with van der Waals surface area (Å²) in [7, 11) is 0. The molecule has 1 aromatic rings. The fourth-order valence-electron chi connectivity index (χ4n) is 2.32. The lowest BCUT2D eigenvalue weighted by atomic mass is 10.1. The highest BCUT2D eigenvalue weighted by Gasteiger charge is 2.26. The van der Waals surface area contributed by atoms with E-state index in [4.69, 9.17) is 9.52 Å². The maximum atomic E-state index is 12.7. The summed E-state index contributed by atoms with van der Waals surface area (Å²) in [6.45, 7) is 8.51. The number of unbranched alkanes of at least 4 members (excludes halogenated alkanes) is 2. The van der Waals surface area contributed by atoms with Crippen molar-refractivity contribution in [3.63, 3.8) is 0 Å². The topological polar surface area (TPSA) is 70.8 Å². The first-order valence-electron chi connectivity index (χ1n) is 7.48. The van der Waals surface area contributed by atoms with E-state index >= 15 is 0 Å². The fourth-order valence-corrected chi connectivity index (χ4v) is 2.32.